The highest BCUT2D eigenvalue weighted by molar-refractivity contribution is 5.73. The Labute approximate surface area is 154 Å². The minimum atomic E-state index is -0.269. The summed E-state index contributed by atoms with van der Waals surface area (Å²) in [7, 11) is 0. The summed E-state index contributed by atoms with van der Waals surface area (Å²) in [6, 6.07) is 11.2. The molecule has 0 aliphatic rings. The van der Waals surface area contributed by atoms with E-state index in [0.29, 0.717) is 5.69 Å². The van der Waals surface area contributed by atoms with Crippen LogP contribution < -0.4 is 0 Å². The Morgan fingerprint density at radius 2 is 1.54 bits per heavy atom. The molecule has 0 spiro atoms. The first-order valence-corrected chi connectivity index (χ1v) is 8.90. The van der Waals surface area contributed by atoms with Crippen LogP contribution in [0.3, 0.4) is 0 Å². The molecule has 0 unspecified atom stereocenters. The van der Waals surface area contributed by atoms with Gasteiger partial charge in [0.15, 0.2) is 0 Å². The lowest BCUT2D eigenvalue weighted by Crippen LogP contribution is -2.25. The number of phenolic OH excluding ortho intramolecular Hbond substituents is 1. The number of hydrogen-bond donors (Lipinski definition) is 2. The number of fused-ring (bicyclic) bond motifs is 1. The zero-order valence-electron chi connectivity index (χ0n) is 16.1. The number of aromatic nitrogens is 3. The Hall–Kier alpha value is -2.40. The summed E-state index contributed by atoms with van der Waals surface area (Å²) in [5, 5.41) is 29.7. The number of hydrogen-bond acceptors (Lipinski definition) is 4. The van der Waals surface area contributed by atoms with Gasteiger partial charge in [0.25, 0.3) is 0 Å². The van der Waals surface area contributed by atoms with Crippen LogP contribution in [0.1, 0.15) is 52.2 Å². The van der Waals surface area contributed by atoms with Crippen LogP contribution in [0.5, 0.6) is 5.75 Å². The van der Waals surface area contributed by atoms with E-state index in [4.69, 9.17) is 0 Å². The number of aliphatic hydroxyl groups excluding tert-OH is 1. The molecule has 0 atom stereocenters. The third kappa shape index (κ3) is 3.58. The molecule has 1 aromatic heterocycles. The summed E-state index contributed by atoms with van der Waals surface area (Å²) < 4.78 is 0. The molecule has 1 heterocycles. The van der Waals surface area contributed by atoms with Crippen molar-refractivity contribution in [2.45, 2.75) is 53.1 Å². The van der Waals surface area contributed by atoms with Crippen LogP contribution in [0.2, 0.25) is 0 Å². The smallest absolute Gasteiger partial charge is 0.146 e. The van der Waals surface area contributed by atoms with Gasteiger partial charge >= 0.3 is 0 Å². The van der Waals surface area contributed by atoms with Crippen molar-refractivity contribution in [3.05, 3.63) is 47.5 Å². The SMILES string of the molecule is CC(C)(C)CC(C)(C)c1cc(CO)cc(-n2nc3ccccc3n2)c1O. The maximum absolute atomic E-state index is 11.0. The first-order chi connectivity index (χ1) is 12.1. The molecule has 0 fully saturated rings. The van der Waals surface area contributed by atoms with Crippen molar-refractivity contribution in [1.29, 1.82) is 0 Å². The zero-order chi connectivity index (χ0) is 19.1. The topological polar surface area (TPSA) is 71.2 Å². The van der Waals surface area contributed by atoms with Gasteiger partial charge in [0.1, 0.15) is 22.5 Å². The van der Waals surface area contributed by atoms with Crippen LogP contribution >= 0.6 is 0 Å². The monoisotopic (exact) mass is 353 g/mol. The summed E-state index contributed by atoms with van der Waals surface area (Å²) >= 11 is 0. The molecular weight excluding hydrogens is 326 g/mol. The predicted octanol–water partition coefficient (Wildman–Crippen LogP) is 4.33. The molecule has 0 saturated carbocycles. The van der Waals surface area contributed by atoms with E-state index in [0.717, 1.165) is 28.6 Å². The second-order valence-corrected chi connectivity index (χ2v) is 8.77. The van der Waals surface area contributed by atoms with Gasteiger partial charge in [0, 0.05) is 5.56 Å². The van der Waals surface area contributed by atoms with E-state index in [1.165, 1.54) is 4.80 Å². The second kappa shape index (κ2) is 6.40. The van der Waals surface area contributed by atoms with Gasteiger partial charge in [-0.05, 0) is 47.1 Å². The standard InChI is InChI=1S/C21H27N3O2/c1-20(2,3)13-21(4,5)15-10-14(12-25)11-18(19(15)26)24-22-16-8-6-7-9-17(16)23-24/h6-11,25-26H,12-13H2,1-5H3. The summed E-state index contributed by atoms with van der Waals surface area (Å²) in [5.74, 6) is 0.164. The Bertz CT molecular complexity index is 903. The highest BCUT2D eigenvalue weighted by Gasteiger charge is 2.31. The number of aromatic hydroxyl groups is 1. The maximum Gasteiger partial charge on any atom is 0.146 e. The Morgan fingerprint density at radius 3 is 2.04 bits per heavy atom. The molecule has 2 aromatic carbocycles. The van der Waals surface area contributed by atoms with Gasteiger partial charge in [-0.1, -0.05) is 46.8 Å². The fourth-order valence-electron chi connectivity index (χ4n) is 3.83. The van der Waals surface area contributed by atoms with E-state index in [-0.39, 0.29) is 23.2 Å². The van der Waals surface area contributed by atoms with Crippen LogP contribution in [0, 0.1) is 5.41 Å². The van der Waals surface area contributed by atoms with Crippen molar-refractivity contribution in [2.75, 3.05) is 0 Å². The van der Waals surface area contributed by atoms with Crippen LogP contribution in [-0.4, -0.2) is 25.2 Å². The molecule has 0 bridgehead atoms. The van der Waals surface area contributed by atoms with Crippen LogP contribution in [-0.2, 0) is 12.0 Å². The molecule has 2 N–H and O–H groups in total. The van der Waals surface area contributed by atoms with E-state index in [9.17, 15) is 10.2 Å². The van der Waals surface area contributed by atoms with Crippen molar-refractivity contribution in [3.8, 4) is 11.4 Å². The number of aliphatic hydroxyl groups is 1. The van der Waals surface area contributed by atoms with E-state index in [1.54, 1.807) is 6.07 Å². The Kier molecular flexibility index (Phi) is 4.53. The van der Waals surface area contributed by atoms with Gasteiger partial charge in [0.2, 0.25) is 0 Å². The van der Waals surface area contributed by atoms with Crippen LogP contribution in [0.4, 0.5) is 0 Å². The predicted molar refractivity (Wildman–Crippen MR) is 104 cm³/mol. The molecule has 0 amide bonds. The van der Waals surface area contributed by atoms with Gasteiger partial charge in [-0.25, -0.2) is 0 Å². The fourth-order valence-corrected chi connectivity index (χ4v) is 3.83. The van der Waals surface area contributed by atoms with Crippen molar-refractivity contribution in [2.24, 2.45) is 5.41 Å². The largest absolute Gasteiger partial charge is 0.505 e. The lowest BCUT2D eigenvalue weighted by Gasteiger charge is -2.34. The highest BCUT2D eigenvalue weighted by Crippen LogP contribution is 2.42. The molecule has 0 aliphatic heterocycles. The molecule has 3 aromatic rings. The Balaban J connectivity index is 2.17. The number of phenols is 1. The average Bonchev–Trinajstić information content (AvgIpc) is 2.96. The molecule has 26 heavy (non-hydrogen) atoms. The van der Waals surface area contributed by atoms with Crippen LogP contribution in [0.15, 0.2) is 36.4 Å². The normalized spacial score (nSPS) is 12.7. The van der Waals surface area contributed by atoms with Gasteiger partial charge in [-0.2, -0.15) is 0 Å². The number of nitrogens with zero attached hydrogens (tertiary/aromatic N) is 3. The molecule has 3 rings (SSSR count). The third-order valence-electron chi connectivity index (χ3n) is 4.54. The quantitative estimate of drug-likeness (QED) is 0.732. The van der Waals surface area contributed by atoms with Gasteiger partial charge < -0.3 is 10.2 Å². The molecule has 138 valence electrons. The Morgan fingerprint density at radius 1 is 0.962 bits per heavy atom. The maximum atomic E-state index is 11.0. The van der Waals surface area contributed by atoms with Crippen molar-refractivity contribution < 1.29 is 10.2 Å². The average molecular weight is 353 g/mol. The number of benzene rings is 2. The van der Waals surface area contributed by atoms with E-state index < -0.39 is 0 Å². The van der Waals surface area contributed by atoms with E-state index in [2.05, 4.69) is 44.8 Å². The van der Waals surface area contributed by atoms with E-state index >= 15 is 0 Å². The molecule has 0 saturated heterocycles. The van der Waals surface area contributed by atoms with Crippen molar-refractivity contribution in [3.63, 3.8) is 0 Å². The molecule has 5 nitrogen and oxygen atoms in total. The highest BCUT2D eigenvalue weighted by atomic mass is 16.3. The minimum absolute atomic E-state index is 0.101. The first kappa shape index (κ1) is 18.4. The molecule has 0 aliphatic carbocycles. The second-order valence-electron chi connectivity index (χ2n) is 8.77. The molecule has 0 radical (unpaired) electrons. The van der Waals surface area contributed by atoms with Crippen LogP contribution in [0.25, 0.3) is 16.7 Å². The zero-order valence-corrected chi connectivity index (χ0v) is 16.1. The third-order valence-corrected chi connectivity index (χ3v) is 4.54. The summed E-state index contributed by atoms with van der Waals surface area (Å²) in [6.07, 6.45) is 0.885. The van der Waals surface area contributed by atoms with Crippen molar-refractivity contribution >= 4 is 11.0 Å². The first-order valence-electron chi connectivity index (χ1n) is 8.90. The number of rotatable bonds is 4. The summed E-state index contributed by atoms with van der Waals surface area (Å²) in [6.45, 7) is 10.7. The van der Waals surface area contributed by atoms with Crippen molar-refractivity contribution in [1.82, 2.24) is 15.0 Å². The fraction of sp³-hybridized carbons (Fsp3) is 0.429. The minimum Gasteiger partial charge on any atom is -0.505 e. The lowest BCUT2D eigenvalue weighted by atomic mass is 9.71. The van der Waals surface area contributed by atoms with E-state index in [1.807, 2.05) is 30.3 Å². The lowest BCUT2D eigenvalue weighted by molar-refractivity contribution is 0.273. The molecule has 5 heteroatoms. The van der Waals surface area contributed by atoms with Gasteiger partial charge in [-0.15, -0.1) is 15.0 Å². The summed E-state index contributed by atoms with van der Waals surface area (Å²) in [4.78, 5) is 1.45. The van der Waals surface area contributed by atoms with Gasteiger partial charge in [-0.3, -0.25) is 0 Å². The molecular formula is C21H27N3O2. The summed E-state index contributed by atoms with van der Waals surface area (Å²) in [5.41, 5.74) is 3.38. The van der Waals surface area contributed by atoms with Gasteiger partial charge in [0.05, 0.1) is 6.61 Å².